The second kappa shape index (κ2) is 6.62. The summed E-state index contributed by atoms with van der Waals surface area (Å²) in [4.78, 5) is 1.61. The molecule has 0 radical (unpaired) electrons. The molecule has 0 aliphatic rings. The highest BCUT2D eigenvalue weighted by atomic mass is 15.1. The Morgan fingerprint density at radius 1 is 1.13 bits per heavy atom. The maximum atomic E-state index is 2.36. The maximum absolute atomic E-state index is 2.36. The number of hydrogen-bond donors (Lipinski definition) is 1. The Morgan fingerprint density at radius 3 is 2.33 bits per heavy atom. The molecular weight excluding hydrogens is 182 g/mol. The molecule has 0 amide bonds. The first-order chi connectivity index (χ1) is 7.27. The smallest absolute Gasteiger partial charge is 0.131 e. The average molecular weight is 206 g/mol. The van der Waals surface area contributed by atoms with Crippen molar-refractivity contribution in [3.05, 3.63) is 30.3 Å². The third-order valence-corrected chi connectivity index (χ3v) is 2.99. The number of quaternary nitrogens is 1. The van der Waals surface area contributed by atoms with Crippen LogP contribution in [0.1, 0.15) is 33.6 Å². The third kappa shape index (κ3) is 4.05. The van der Waals surface area contributed by atoms with Crippen LogP contribution < -0.4 is 4.90 Å². The van der Waals surface area contributed by atoms with Crippen molar-refractivity contribution in [2.45, 2.75) is 33.6 Å². The zero-order chi connectivity index (χ0) is 11.1. The van der Waals surface area contributed by atoms with Crippen molar-refractivity contribution in [3.63, 3.8) is 0 Å². The fourth-order valence-electron chi connectivity index (χ4n) is 2.16. The largest absolute Gasteiger partial charge is 0.303 e. The second-order valence-corrected chi connectivity index (χ2v) is 4.42. The Kier molecular flexibility index (Phi) is 5.41. The van der Waals surface area contributed by atoms with Gasteiger partial charge in [0.25, 0.3) is 0 Å². The van der Waals surface area contributed by atoms with Crippen molar-refractivity contribution in [2.24, 2.45) is 5.92 Å². The normalized spacial score (nSPS) is 14.9. The molecule has 1 nitrogen and oxygen atoms in total. The zero-order valence-electron chi connectivity index (χ0n) is 10.3. The summed E-state index contributed by atoms with van der Waals surface area (Å²) >= 11 is 0. The summed E-state index contributed by atoms with van der Waals surface area (Å²) in [6.07, 6.45) is 2.64. The van der Waals surface area contributed by atoms with Crippen LogP contribution in [0.2, 0.25) is 0 Å². The van der Waals surface area contributed by atoms with Gasteiger partial charge in [-0.05, 0) is 25.5 Å². The average Bonchev–Trinajstić information content (AvgIpc) is 2.27. The van der Waals surface area contributed by atoms with Crippen LogP contribution in [0.4, 0.5) is 5.69 Å². The van der Waals surface area contributed by atoms with E-state index in [4.69, 9.17) is 0 Å². The van der Waals surface area contributed by atoms with Crippen molar-refractivity contribution >= 4 is 5.69 Å². The van der Waals surface area contributed by atoms with Crippen molar-refractivity contribution in [1.82, 2.24) is 0 Å². The van der Waals surface area contributed by atoms with E-state index in [-0.39, 0.29) is 0 Å². The minimum absolute atomic E-state index is 0.824. The van der Waals surface area contributed by atoms with Gasteiger partial charge in [-0.3, -0.25) is 0 Å². The quantitative estimate of drug-likeness (QED) is 0.730. The first-order valence-electron chi connectivity index (χ1n) is 6.18. The lowest BCUT2D eigenvalue weighted by molar-refractivity contribution is -0.834. The number of nitrogens with one attached hydrogen (secondary N) is 1. The number of rotatable bonds is 6. The maximum Gasteiger partial charge on any atom is 0.131 e. The summed E-state index contributed by atoms with van der Waals surface area (Å²) in [5, 5.41) is 0. The van der Waals surface area contributed by atoms with Crippen LogP contribution in [-0.2, 0) is 0 Å². The van der Waals surface area contributed by atoms with Crippen LogP contribution in [0.15, 0.2) is 30.3 Å². The summed E-state index contributed by atoms with van der Waals surface area (Å²) in [6.45, 7) is 9.33. The van der Waals surface area contributed by atoms with Crippen molar-refractivity contribution < 1.29 is 4.90 Å². The fraction of sp³-hybridized carbons (Fsp3) is 0.571. The minimum Gasteiger partial charge on any atom is -0.303 e. The zero-order valence-corrected chi connectivity index (χ0v) is 10.3. The van der Waals surface area contributed by atoms with Crippen molar-refractivity contribution in [2.75, 3.05) is 13.1 Å². The van der Waals surface area contributed by atoms with E-state index in [2.05, 4.69) is 51.1 Å². The molecule has 1 N–H and O–H groups in total. The van der Waals surface area contributed by atoms with Gasteiger partial charge in [0.2, 0.25) is 0 Å². The van der Waals surface area contributed by atoms with Gasteiger partial charge in [-0.1, -0.05) is 38.5 Å². The molecule has 84 valence electrons. The minimum atomic E-state index is 0.824. The van der Waals surface area contributed by atoms with Crippen LogP contribution in [-0.4, -0.2) is 13.1 Å². The highest BCUT2D eigenvalue weighted by Crippen LogP contribution is 2.04. The molecule has 0 spiro atoms. The van der Waals surface area contributed by atoms with Gasteiger partial charge < -0.3 is 4.90 Å². The van der Waals surface area contributed by atoms with Gasteiger partial charge in [0, 0.05) is 5.92 Å². The number of hydrogen-bond acceptors (Lipinski definition) is 0. The van der Waals surface area contributed by atoms with E-state index in [0.29, 0.717) is 0 Å². The predicted octanol–water partition coefficient (Wildman–Crippen LogP) is 2.66. The van der Waals surface area contributed by atoms with E-state index in [1.165, 1.54) is 31.6 Å². The molecule has 0 aromatic heterocycles. The van der Waals surface area contributed by atoms with Crippen LogP contribution in [0.5, 0.6) is 0 Å². The van der Waals surface area contributed by atoms with Crippen LogP contribution >= 0.6 is 0 Å². The summed E-state index contributed by atoms with van der Waals surface area (Å²) < 4.78 is 0. The molecule has 0 aliphatic heterocycles. The van der Waals surface area contributed by atoms with Gasteiger partial charge in [-0.2, -0.15) is 0 Å². The number of benzene rings is 1. The van der Waals surface area contributed by atoms with Gasteiger partial charge in [-0.25, -0.2) is 0 Å². The highest BCUT2D eigenvalue weighted by Gasteiger charge is 2.13. The molecule has 0 saturated heterocycles. The lowest BCUT2D eigenvalue weighted by Crippen LogP contribution is -3.07. The van der Waals surface area contributed by atoms with E-state index >= 15 is 0 Å². The molecule has 0 heterocycles. The highest BCUT2D eigenvalue weighted by molar-refractivity contribution is 5.27. The molecule has 2 atom stereocenters. The monoisotopic (exact) mass is 206 g/mol. The first-order valence-corrected chi connectivity index (χ1v) is 6.18. The first kappa shape index (κ1) is 12.3. The molecule has 15 heavy (non-hydrogen) atoms. The summed E-state index contributed by atoms with van der Waals surface area (Å²) in [6, 6.07) is 10.8. The van der Waals surface area contributed by atoms with E-state index in [0.717, 1.165) is 5.92 Å². The van der Waals surface area contributed by atoms with Crippen molar-refractivity contribution in [1.29, 1.82) is 0 Å². The topological polar surface area (TPSA) is 4.44 Å². The molecule has 1 aromatic rings. The Bertz CT molecular complexity index is 255. The lowest BCUT2D eigenvalue weighted by Gasteiger charge is -2.20. The van der Waals surface area contributed by atoms with E-state index in [9.17, 15) is 0 Å². The molecule has 0 aliphatic carbocycles. The van der Waals surface area contributed by atoms with Gasteiger partial charge >= 0.3 is 0 Å². The van der Waals surface area contributed by atoms with Crippen LogP contribution in [0.25, 0.3) is 0 Å². The Morgan fingerprint density at radius 2 is 1.80 bits per heavy atom. The predicted molar refractivity (Wildman–Crippen MR) is 66.5 cm³/mol. The molecule has 0 saturated carbocycles. The third-order valence-electron chi connectivity index (χ3n) is 2.99. The van der Waals surface area contributed by atoms with Crippen LogP contribution in [0, 0.1) is 5.92 Å². The van der Waals surface area contributed by atoms with Gasteiger partial charge in [-0.15, -0.1) is 0 Å². The van der Waals surface area contributed by atoms with E-state index in [1.807, 2.05) is 0 Å². The fourth-order valence-corrected chi connectivity index (χ4v) is 2.16. The summed E-state index contributed by atoms with van der Waals surface area (Å²) in [5.41, 5.74) is 1.43. The van der Waals surface area contributed by atoms with Crippen molar-refractivity contribution in [3.8, 4) is 0 Å². The van der Waals surface area contributed by atoms with Crippen LogP contribution in [0.3, 0.4) is 0 Å². The summed E-state index contributed by atoms with van der Waals surface area (Å²) in [7, 11) is 0. The Hall–Kier alpha value is -0.820. The second-order valence-electron chi connectivity index (χ2n) is 4.42. The van der Waals surface area contributed by atoms with Gasteiger partial charge in [0.1, 0.15) is 5.69 Å². The molecule has 2 unspecified atom stereocenters. The van der Waals surface area contributed by atoms with Gasteiger partial charge in [0.05, 0.1) is 13.1 Å². The van der Waals surface area contributed by atoms with E-state index < -0.39 is 0 Å². The molecule has 0 bridgehead atoms. The van der Waals surface area contributed by atoms with E-state index in [1.54, 1.807) is 4.90 Å². The SMILES string of the molecule is CCCC(C)C[NH+](CC)c1ccccc1. The summed E-state index contributed by atoms with van der Waals surface area (Å²) in [5.74, 6) is 0.824. The Balaban J connectivity index is 2.56. The standard InChI is InChI=1S/C14H23N/c1-4-9-13(3)12-15(5-2)14-10-7-6-8-11-14/h6-8,10-11,13H,4-5,9,12H2,1-3H3/p+1. The number of para-hydroxylation sites is 1. The Labute approximate surface area is 94.1 Å². The molecule has 1 heteroatoms. The lowest BCUT2D eigenvalue weighted by atomic mass is 10.1. The molecule has 1 rings (SSSR count). The van der Waals surface area contributed by atoms with Gasteiger partial charge in [0.15, 0.2) is 0 Å². The molecule has 0 fully saturated rings. The molecule has 1 aromatic carbocycles. The molecular formula is C14H24N+.